The van der Waals surface area contributed by atoms with Crippen molar-refractivity contribution in [3.8, 4) is 5.69 Å². The van der Waals surface area contributed by atoms with E-state index in [9.17, 15) is 9.90 Å². The van der Waals surface area contributed by atoms with Crippen LogP contribution in [0.15, 0.2) is 36.4 Å². The van der Waals surface area contributed by atoms with Gasteiger partial charge in [-0.2, -0.15) is 0 Å². The number of hydrogen-bond donors (Lipinski definition) is 2. The minimum absolute atomic E-state index is 0. The molecule has 2 heterocycles. The molecule has 0 saturated heterocycles. The molecule has 0 spiro atoms. The average molecular weight is 422 g/mol. The zero-order valence-corrected chi connectivity index (χ0v) is 19.1. The van der Waals surface area contributed by atoms with E-state index in [1.165, 1.54) is 7.11 Å². The Morgan fingerprint density at radius 2 is 1.64 bits per heavy atom. The van der Waals surface area contributed by atoms with Crippen LogP contribution >= 0.6 is 24.4 Å². The fourth-order valence-corrected chi connectivity index (χ4v) is 3.99. The summed E-state index contributed by atoms with van der Waals surface area (Å²) in [6.07, 6.45) is -1.13. The number of nitrogens with zero attached hydrogens (tertiary/aromatic N) is 2. The molecule has 10 heteroatoms. The molecule has 4 rings (SSSR count). The Labute approximate surface area is 192 Å². The van der Waals surface area contributed by atoms with Gasteiger partial charge in [-0.25, -0.2) is 0 Å². The Hall–Kier alpha value is -1.75. The number of carboxylic acid groups (broad SMARTS) is 1. The van der Waals surface area contributed by atoms with Gasteiger partial charge in [0.15, 0.2) is 9.54 Å². The number of carboxylic acids is 1. The minimum atomic E-state index is -1.28. The average Bonchev–Trinajstić information content (AvgIpc) is 3.12. The quantitative estimate of drug-likeness (QED) is 0.348. The molecule has 0 aliphatic carbocycles. The van der Waals surface area contributed by atoms with Crippen molar-refractivity contribution in [2.24, 2.45) is 7.05 Å². The monoisotopic (exact) mass is 422 g/mol. The summed E-state index contributed by atoms with van der Waals surface area (Å²) in [6, 6.07) is 11.4. The molecule has 2 N–H and O–H groups in total. The summed E-state index contributed by atoms with van der Waals surface area (Å²) in [6.45, 7) is 0. The second kappa shape index (κ2) is 7.94. The van der Waals surface area contributed by atoms with Crippen molar-refractivity contribution in [2.75, 3.05) is 7.11 Å². The summed E-state index contributed by atoms with van der Waals surface area (Å²) < 4.78 is 9.79. The molecule has 0 radical (unpaired) electrons. The van der Waals surface area contributed by atoms with Crippen molar-refractivity contribution in [1.82, 2.24) is 19.3 Å². The second-order valence-corrected chi connectivity index (χ2v) is 6.94. The number of aliphatic carboxylic acids is 1. The number of aryl methyl sites for hydroxylation is 1. The summed E-state index contributed by atoms with van der Waals surface area (Å²) in [4.78, 5) is 11.3. The largest absolute Gasteiger partial charge is 1.00 e. The smallest absolute Gasteiger partial charge is 0.547 e. The Morgan fingerprint density at radius 3 is 2.21 bits per heavy atom. The number of nitrogens with one attached hydrogen (secondary N) is 2. The summed E-state index contributed by atoms with van der Waals surface area (Å²) in [5.41, 5.74) is 3.32. The van der Waals surface area contributed by atoms with Gasteiger partial charge >= 0.3 is 29.6 Å². The fraction of sp³-hybridized carbons (Fsp3) is 0.167. The van der Waals surface area contributed by atoms with Gasteiger partial charge in [-0.15, -0.1) is 0 Å². The Kier molecular flexibility index (Phi) is 5.95. The SMILES string of the molecule is COC(C(=O)[O-])c1ccc2c(c1)c1cc(-n3c(=S)[nH][nH]c3=S)ccc1n2C.[Na+]. The van der Waals surface area contributed by atoms with E-state index < -0.39 is 12.1 Å². The number of carbonyl (C=O) groups is 1. The molecule has 0 fully saturated rings. The van der Waals surface area contributed by atoms with Gasteiger partial charge < -0.3 is 19.2 Å². The molecule has 0 bridgehead atoms. The topological polar surface area (TPSA) is 90.8 Å². The van der Waals surface area contributed by atoms with Crippen LogP contribution in [-0.4, -0.2) is 32.4 Å². The number of fused-ring (bicyclic) bond motifs is 3. The van der Waals surface area contributed by atoms with Crippen LogP contribution in [0.4, 0.5) is 0 Å². The maximum atomic E-state index is 11.3. The van der Waals surface area contributed by atoms with Crippen LogP contribution in [0.2, 0.25) is 0 Å². The summed E-state index contributed by atoms with van der Waals surface area (Å²) in [5, 5.41) is 18.9. The summed E-state index contributed by atoms with van der Waals surface area (Å²) in [5.74, 6) is -1.28. The van der Waals surface area contributed by atoms with Crippen LogP contribution < -0.4 is 34.7 Å². The molecule has 0 amide bonds. The van der Waals surface area contributed by atoms with E-state index in [2.05, 4.69) is 14.8 Å². The van der Waals surface area contributed by atoms with Crippen LogP contribution in [0.25, 0.3) is 27.5 Å². The molecule has 0 aliphatic rings. The summed E-state index contributed by atoms with van der Waals surface area (Å²) in [7, 11) is 3.31. The van der Waals surface area contributed by atoms with Crippen molar-refractivity contribution < 1.29 is 44.2 Å². The maximum absolute atomic E-state index is 11.3. The number of ether oxygens (including phenoxy) is 1. The van der Waals surface area contributed by atoms with Crippen molar-refractivity contribution in [3.63, 3.8) is 0 Å². The standard InChI is InChI=1S/C18H16N4O3S2.Na/c1-21-13-5-3-9(15(25-2)16(23)24)7-11(13)12-8-10(4-6-14(12)21)22-17(26)19-20-18(22)27;/h3-8,15H,1-2H3,(H,19,26)(H,20,27)(H,23,24);/q;+1/p-1. The molecule has 1 atom stereocenters. The normalized spacial score (nSPS) is 12.2. The number of carbonyl (C=O) groups excluding carboxylic acids is 1. The number of rotatable bonds is 4. The van der Waals surface area contributed by atoms with Gasteiger partial charge in [-0.1, -0.05) is 6.07 Å². The zero-order valence-electron chi connectivity index (χ0n) is 15.5. The van der Waals surface area contributed by atoms with Crippen LogP contribution in [0.5, 0.6) is 0 Å². The van der Waals surface area contributed by atoms with Crippen LogP contribution in [0.3, 0.4) is 0 Å². The van der Waals surface area contributed by atoms with E-state index in [1.54, 1.807) is 10.6 Å². The van der Waals surface area contributed by atoms with Gasteiger partial charge in [-0.05, 0) is 60.3 Å². The first-order valence-corrected chi connectivity index (χ1v) is 8.90. The Morgan fingerprint density at radius 1 is 1.07 bits per heavy atom. The molecule has 7 nitrogen and oxygen atoms in total. The predicted molar refractivity (Wildman–Crippen MR) is 105 cm³/mol. The van der Waals surface area contributed by atoms with Crippen molar-refractivity contribution in [3.05, 3.63) is 51.5 Å². The van der Waals surface area contributed by atoms with E-state index >= 15 is 0 Å². The third-order valence-corrected chi connectivity index (χ3v) is 5.28. The van der Waals surface area contributed by atoms with Crippen LogP contribution in [-0.2, 0) is 16.6 Å². The molecule has 0 saturated carbocycles. The van der Waals surface area contributed by atoms with E-state index in [4.69, 9.17) is 29.2 Å². The molecule has 28 heavy (non-hydrogen) atoms. The van der Waals surface area contributed by atoms with E-state index in [0.29, 0.717) is 15.1 Å². The molecule has 2 aromatic carbocycles. The van der Waals surface area contributed by atoms with Crippen LogP contribution in [0, 0.1) is 9.54 Å². The molecule has 4 aromatic rings. The number of aromatic nitrogens is 4. The van der Waals surface area contributed by atoms with Crippen molar-refractivity contribution in [1.29, 1.82) is 0 Å². The van der Waals surface area contributed by atoms with Gasteiger partial charge in [0.05, 0.1) is 11.7 Å². The number of hydrogen-bond acceptors (Lipinski definition) is 5. The van der Waals surface area contributed by atoms with Crippen molar-refractivity contribution >= 4 is 52.2 Å². The first kappa shape index (κ1) is 21.0. The number of benzene rings is 2. The van der Waals surface area contributed by atoms with Crippen LogP contribution in [0.1, 0.15) is 11.7 Å². The first-order valence-electron chi connectivity index (χ1n) is 8.08. The van der Waals surface area contributed by atoms with Gasteiger partial charge in [-0.3, -0.25) is 14.8 Å². The van der Waals surface area contributed by atoms with Gasteiger partial charge in [0, 0.05) is 36.0 Å². The molecule has 0 aliphatic heterocycles. The Bertz CT molecular complexity index is 1290. The third kappa shape index (κ3) is 3.28. The molecule has 1 unspecified atom stereocenters. The first-order chi connectivity index (χ1) is 12.9. The second-order valence-electron chi connectivity index (χ2n) is 6.17. The van der Waals surface area contributed by atoms with Gasteiger partial charge in [0.25, 0.3) is 0 Å². The zero-order chi connectivity index (χ0) is 19.3. The van der Waals surface area contributed by atoms with Crippen molar-refractivity contribution in [2.45, 2.75) is 6.10 Å². The number of H-pyrrole nitrogens is 2. The van der Waals surface area contributed by atoms with Gasteiger partial charge in [0.1, 0.15) is 6.10 Å². The van der Waals surface area contributed by atoms with E-state index in [1.807, 2.05) is 37.4 Å². The molecular formula is C18H15N4NaO3S2. The molecular weight excluding hydrogens is 407 g/mol. The predicted octanol–water partition coefficient (Wildman–Crippen LogP) is -0.321. The van der Waals surface area contributed by atoms with E-state index in [-0.39, 0.29) is 29.6 Å². The molecule has 138 valence electrons. The Balaban J connectivity index is 0.00000225. The van der Waals surface area contributed by atoms with E-state index in [0.717, 1.165) is 27.5 Å². The summed E-state index contributed by atoms with van der Waals surface area (Å²) >= 11 is 10.6. The number of aromatic amines is 2. The maximum Gasteiger partial charge on any atom is 1.00 e. The third-order valence-electron chi connectivity index (χ3n) is 4.71. The molecule has 2 aromatic heterocycles. The number of methoxy groups -OCH3 is 1. The van der Waals surface area contributed by atoms with Gasteiger partial charge in [0.2, 0.25) is 0 Å². The fourth-order valence-electron chi connectivity index (χ4n) is 3.44. The minimum Gasteiger partial charge on any atom is -0.547 e.